The lowest BCUT2D eigenvalue weighted by molar-refractivity contribution is 0.171. The third kappa shape index (κ3) is 3.81. The molecule has 0 saturated heterocycles. The van der Waals surface area contributed by atoms with Crippen molar-refractivity contribution in [3.8, 4) is 0 Å². The van der Waals surface area contributed by atoms with Gasteiger partial charge in [-0.25, -0.2) is 10.2 Å². The molecule has 0 spiro atoms. The largest absolute Gasteiger partial charge is 0.452 e. The van der Waals surface area contributed by atoms with Crippen molar-refractivity contribution in [3.05, 3.63) is 35.9 Å². The van der Waals surface area contributed by atoms with Gasteiger partial charge in [0.1, 0.15) is 0 Å². The van der Waals surface area contributed by atoms with E-state index in [-0.39, 0.29) is 0 Å². The average Bonchev–Trinajstić information content (AvgIpc) is 2.49. The third-order valence-electron chi connectivity index (χ3n) is 3.51. The number of carbonyl (C=O) groups excluding carboxylic acids is 1. The SMILES string of the molecule is COC(=O)N/N=C(\c1ccccc1)C1CCCCC1. The van der Waals surface area contributed by atoms with Crippen LogP contribution in [0.1, 0.15) is 37.7 Å². The molecule has 1 aromatic rings. The first-order valence-electron chi connectivity index (χ1n) is 6.78. The summed E-state index contributed by atoms with van der Waals surface area (Å²) in [7, 11) is 1.34. The third-order valence-corrected chi connectivity index (χ3v) is 3.51. The molecule has 1 fully saturated rings. The number of amides is 1. The normalized spacial score (nSPS) is 17.0. The molecule has 2 rings (SSSR count). The molecule has 0 aliphatic heterocycles. The maximum absolute atomic E-state index is 11.2. The second kappa shape index (κ2) is 6.92. The number of rotatable bonds is 3. The molecular weight excluding hydrogens is 240 g/mol. The quantitative estimate of drug-likeness (QED) is 0.669. The van der Waals surface area contributed by atoms with Gasteiger partial charge in [-0.15, -0.1) is 0 Å². The molecule has 1 N–H and O–H groups in total. The van der Waals surface area contributed by atoms with Gasteiger partial charge in [-0.05, 0) is 18.4 Å². The van der Waals surface area contributed by atoms with Crippen LogP contribution >= 0.6 is 0 Å². The molecule has 0 atom stereocenters. The zero-order valence-corrected chi connectivity index (χ0v) is 11.3. The van der Waals surface area contributed by atoms with Crippen LogP contribution in [0, 0.1) is 5.92 Å². The molecule has 0 bridgehead atoms. The Morgan fingerprint density at radius 3 is 2.53 bits per heavy atom. The van der Waals surface area contributed by atoms with E-state index < -0.39 is 6.09 Å². The molecule has 1 saturated carbocycles. The molecule has 0 radical (unpaired) electrons. The Kier molecular flexibility index (Phi) is 4.95. The van der Waals surface area contributed by atoms with Crippen LogP contribution in [-0.4, -0.2) is 18.9 Å². The summed E-state index contributed by atoms with van der Waals surface area (Å²) in [4.78, 5) is 11.2. The fourth-order valence-corrected chi connectivity index (χ4v) is 2.53. The number of methoxy groups -OCH3 is 1. The van der Waals surface area contributed by atoms with Crippen LogP contribution in [0.15, 0.2) is 35.4 Å². The molecule has 19 heavy (non-hydrogen) atoms. The minimum Gasteiger partial charge on any atom is -0.452 e. The van der Waals surface area contributed by atoms with E-state index in [1.807, 2.05) is 30.3 Å². The highest BCUT2D eigenvalue weighted by Gasteiger charge is 2.21. The highest BCUT2D eigenvalue weighted by molar-refractivity contribution is 6.02. The maximum atomic E-state index is 11.2. The van der Waals surface area contributed by atoms with Crippen LogP contribution in [0.5, 0.6) is 0 Å². The Hall–Kier alpha value is -1.84. The molecule has 4 nitrogen and oxygen atoms in total. The first-order valence-corrected chi connectivity index (χ1v) is 6.78. The maximum Gasteiger partial charge on any atom is 0.427 e. The van der Waals surface area contributed by atoms with Gasteiger partial charge in [0.2, 0.25) is 0 Å². The summed E-state index contributed by atoms with van der Waals surface area (Å²) >= 11 is 0. The lowest BCUT2D eigenvalue weighted by Gasteiger charge is -2.23. The van der Waals surface area contributed by atoms with Gasteiger partial charge < -0.3 is 4.74 Å². The topological polar surface area (TPSA) is 50.7 Å². The van der Waals surface area contributed by atoms with E-state index in [0.717, 1.165) is 24.1 Å². The Bertz CT molecular complexity index is 437. The number of nitrogens with one attached hydrogen (secondary N) is 1. The lowest BCUT2D eigenvalue weighted by atomic mass is 9.83. The van der Waals surface area contributed by atoms with Crippen molar-refractivity contribution in [2.24, 2.45) is 11.0 Å². The predicted molar refractivity (Wildman–Crippen MR) is 75.1 cm³/mol. The van der Waals surface area contributed by atoms with Crippen LogP contribution in [-0.2, 0) is 4.74 Å². The van der Waals surface area contributed by atoms with E-state index >= 15 is 0 Å². The fourth-order valence-electron chi connectivity index (χ4n) is 2.53. The first kappa shape index (κ1) is 13.6. The molecular formula is C15H20N2O2. The van der Waals surface area contributed by atoms with E-state index in [1.165, 1.54) is 26.4 Å². The summed E-state index contributed by atoms with van der Waals surface area (Å²) in [5.74, 6) is 0.424. The molecule has 0 unspecified atom stereocenters. The van der Waals surface area contributed by atoms with Gasteiger partial charge in [0, 0.05) is 5.92 Å². The molecule has 1 aliphatic carbocycles. The van der Waals surface area contributed by atoms with E-state index in [0.29, 0.717) is 5.92 Å². The van der Waals surface area contributed by atoms with Crippen molar-refractivity contribution >= 4 is 11.8 Å². The van der Waals surface area contributed by atoms with Crippen molar-refractivity contribution < 1.29 is 9.53 Å². The molecule has 1 amide bonds. The second-order valence-electron chi connectivity index (χ2n) is 4.80. The van der Waals surface area contributed by atoms with Crippen LogP contribution in [0.4, 0.5) is 4.79 Å². The Labute approximate surface area is 113 Å². The van der Waals surface area contributed by atoms with Gasteiger partial charge in [-0.1, -0.05) is 49.6 Å². The summed E-state index contributed by atoms with van der Waals surface area (Å²) in [5, 5.41) is 4.28. The van der Waals surface area contributed by atoms with Crippen molar-refractivity contribution in [2.75, 3.05) is 7.11 Å². The summed E-state index contributed by atoms with van der Waals surface area (Å²) in [6.45, 7) is 0. The van der Waals surface area contributed by atoms with Gasteiger partial charge in [0.05, 0.1) is 12.8 Å². The minimum atomic E-state index is -0.524. The number of ether oxygens (including phenoxy) is 1. The molecule has 0 heterocycles. The van der Waals surface area contributed by atoms with E-state index in [9.17, 15) is 4.79 Å². The average molecular weight is 260 g/mol. The van der Waals surface area contributed by atoms with Crippen LogP contribution in [0.25, 0.3) is 0 Å². The summed E-state index contributed by atoms with van der Waals surface area (Å²) in [5.41, 5.74) is 4.49. The lowest BCUT2D eigenvalue weighted by Crippen LogP contribution is -2.25. The number of nitrogens with zero attached hydrogens (tertiary/aromatic N) is 1. The molecule has 1 aliphatic rings. The molecule has 1 aromatic carbocycles. The van der Waals surface area contributed by atoms with E-state index in [2.05, 4.69) is 15.3 Å². The Morgan fingerprint density at radius 2 is 1.89 bits per heavy atom. The van der Waals surface area contributed by atoms with Gasteiger partial charge in [-0.3, -0.25) is 0 Å². The van der Waals surface area contributed by atoms with E-state index in [4.69, 9.17) is 0 Å². The number of carbonyl (C=O) groups is 1. The van der Waals surface area contributed by atoms with Gasteiger partial charge in [-0.2, -0.15) is 5.10 Å². The smallest absolute Gasteiger partial charge is 0.427 e. The zero-order chi connectivity index (χ0) is 13.5. The molecule has 0 aromatic heterocycles. The van der Waals surface area contributed by atoms with Crippen LogP contribution in [0.2, 0.25) is 0 Å². The number of benzene rings is 1. The monoisotopic (exact) mass is 260 g/mol. The summed E-state index contributed by atoms with van der Waals surface area (Å²) < 4.78 is 4.57. The van der Waals surface area contributed by atoms with Crippen molar-refractivity contribution in [1.29, 1.82) is 0 Å². The molecule has 102 valence electrons. The highest BCUT2D eigenvalue weighted by Crippen LogP contribution is 2.27. The van der Waals surface area contributed by atoms with Crippen LogP contribution in [0.3, 0.4) is 0 Å². The van der Waals surface area contributed by atoms with Gasteiger partial charge >= 0.3 is 6.09 Å². The first-order chi connectivity index (χ1) is 9.31. The Balaban J connectivity index is 2.19. The fraction of sp³-hybridized carbons (Fsp3) is 0.467. The van der Waals surface area contributed by atoms with Gasteiger partial charge in [0.15, 0.2) is 0 Å². The van der Waals surface area contributed by atoms with Crippen molar-refractivity contribution in [1.82, 2.24) is 5.43 Å². The zero-order valence-electron chi connectivity index (χ0n) is 11.3. The van der Waals surface area contributed by atoms with Gasteiger partial charge in [0.25, 0.3) is 0 Å². The molecule has 4 heteroatoms. The summed E-state index contributed by atoms with van der Waals surface area (Å²) in [6.07, 6.45) is 5.50. The number of hydrogen-bond acceptors (Lipinski definition) is 3. The van der Waals surface area contributed by atoms with Crippen LogP contribution < -0.4 is 5.43 Å². The highest BCUT2D eigenvalue weighted by atomic mass is 16.5. The van der Waals surface area contributed by atoms with E-state index in [1.54, 1.807) is 0 Å². The van der Waals surface area contributed by atoms with Crippen molar-refractivity contribution in [3.63, 3.8) is 0 Å². The number of hydrogen-bond donors (Lipinski definition) is 1. The summed E-state index contributed by atoms with van der Waals surface area (Å²) in [6, 6.07) is 10.0. The number of hydrazone groups is 1. The van der Waals surface area contributed by atoms with Crippen molar-refractivity contribution in [2.45, 2.75) is 32.1 Å². The second-order valence-corrected chi connectivity index (χ2v) is 4.80. The predicted octanol–water partition coefficient (Wildman–Crippen LogP) is 3.33. The Morgan fingerprint density at radius 1 is 1.21 bits per heavy atom. The standard InChI is InChI=1S/C15H20N2O2/c1-19-15(18)17-16-14(12-8-4-2-5-9-12)13-10-6-3-7-11-13/h2,4-5,8-9,13H,3,6-7,10-11H2,1H3,(H,17,18)/b16-14+. The minimum absolute atomic E-state index is 0.424.